The Balaban J connectivity index is 1.55. The molecule has 1 aromatic heterocycles. The zero-order valence-corrected chi connectivity index (χ0v) is 14.1. The van der Waals surface area contributed by atoms with Crippen LogP contribution in [0.15, 0.2) is 47.3 Å². The number of hydrogen-bond donors (Lipinski definition) is 3. The first-order valence-electron chi connectivity index (χ1n) is 8.72. The van der Waals surface area contributed by atoms with Gasteiger partial charge in [-0.15, -0.1) is 0 Å². The number of aromatic amines is 2. The monoisotopic (exact) mass is 335 g/mol. The van der Waals surface area contributed by atoms with Gasteiger partial charge in [-0.3, -0.25) is 4.79 Å². The summed E-state index contributed by atoms with van der Waals surface area (Å²) in [6.07, 6.45) is 2.98. The van der Waals surface area contributed by atoms with E-state index in [0.717, 1.165) is 41.4 Å². The van der Waals surface area contributed by atoms with Gasteiger partial charge in [0, 0.05) is 0 Å². The highest BCUT2D eigenvalue weighted by atomic mass is 16.2. The molecule has 0 aliphatic heterocycles. The molecule has 0 spiro atoms. The number of H-pyrrole nitrogens is 2. The van der Waals surface area contributed by atoms with E-state index in [9.17, 15) is 9.59 Å². The van der Waals surface area contributed by atoms with Crippen LogP contribution in [0.2, 0.25) is 0 Å². The highest BCUT2D eigenvalue weighted by Gasteiger charge is 2.27. The van der Waals surface area contributed by atoms with E-state index < -0.39 is 0 Å². The number of carbonyl (C=O) groups excluding carboxylic acids is 1. The van der Waals surface area contributed by atoms with Crippen LogP contribution in [0.1, 0.15) is 48.4 Å². The van der Waals surface area contributed by atoms with Crippen LogP contribution in [-0.2, 0) is 11.2 Å². The van der Waals surface area contributed by atoms with E-state index in [1.165, 1.54) is 5.56 Å². The van der Waals surface area contributed by atoms with Gasteiger partial charge in [-0.05, 0) is 55.0 Å². The Labute approximate surface area is 145 Å². The first-order chi connectivity index (χ1) is 12.1. The molecule has 2 aromatic carbocycles. The molecule has 0 fully saturated rings. The fourth-order valence-corrected chi connectivity index (χ4v) is 3.74. The first kappa shape index (κ1) is 15.7. The molecule has 1 amide bonds. The number of hydrogen-bond acceptors (Lipinski definition) is 2. The molecule has 4 rings (SSSR count). The van der Waals surface area contributed by atoms with Gasteiger partial charge in [-0.2, -0.15) is 0 Å². The summed E-state index contributed by atoms with van der Waals surface area (Å²) in [6, 6.07) is 13.8. The van der Waals surface area contributed by atoms with E-state index in [-0.39, 0.29) is 23.6 Å². The zero-order chi connectivity index (χ0) is 17.4. The third-order valence-electron chi connectivity index (χ3n) is 5.08. The Morgan fingerprint density at radius 1 is 1.16 bits per heavy atom. The maximum atomic E-state index is 12.8. The molecule has 5 heteroatoms. The van der Waals surface area contributed by atoms with Crippen LogP contribution in [0.25, 0.3) is 11.0 Å². The van der Waals surface area contributed by atoms with E-state index in [1.54, 1.807) is 0 Å². The lowest BCUT2D eigenvalue weighted by Gasteiger charge is -2.26. The van der Waals surface area contributed by atoms with Crippen LogP contribution in [0, 0.1) is 0 Å². The average molecular weight is 335 g/mol. The summed E-state index contributed by atoms with van der Waals surface area (Å²) in [4.78, 5) is 29.7. The van der Waals surface area contributed by atoms with Crippen LogP contribution >= 0.6 is 0 Å². The third-order valence-corrected chi connectivity index (χ3v) is 5.08. The Morgan fingerprint density at radius 3 is 2.84 bits per heavy atom. The molecule has 0 unspecified atom stereocenters. The van der Waals surface area contributed by atoms with Gasteiger partial charge in [0.05, 0.1) is 23.0 Å². The Hall–Kier alpha value is -2.82. The van der Waals surface area contributed by atoms with Crippen molar-refractivity contribution in [3.05, 3.63) is 69.6 Å². The number of benzene rings is 2. The first-order valence-corrected chi connectivity index (χ1v) is 8.72. The predicted octanol–water partition coefficient (Wildman–Crippen LogP) is 3.15. The van der Waals surface area contributed by atoms with Gasteiger partial charge in [0.15, 0.2) is 0 Å². The molecule has 5 nitrogen and oxygen atoms in total. The molecular weight excluding hydrogens is 314 g/mol. The molecule has 1 aliphatic carbocycles. The molecule has 128 valence electrons. The number of carbonyl (C=O) groups is 1. The SMILES string of the molecule is C[C@@H](NC(=O)[C@H]1CCCc2ccccc21)c1ccc2[nH]c(=O)[nH]c2c1. The average Bonchev–Trinajstić information content (AvgIpc) is 3.00. The second-order valence-electron chi connectivity index (χ2n) is 6.76. The van der Waals surface area contributed by atoms with Gasteiger partial charge < -0.3 is 15.3 Å². The minimum Gasteiger partial charge on any atom is -0.349 e. The Kier molecular flexibility index (Phi) is 3.92. The van der Waals surface area contributed by atoms with E-state index in [1.807, 2.05) is 37.3 Å². The number of rotatable bonds is 3. The van der Waals surface area contributed by atoms with Crippen LogP contribution in [0.5, 0.6) is 0 Å². The number of amides is 1. The van der Waals surface area contributed by atoms with Crippen molar-refractivity contribution in [1.29, 1.82) is 0 Å². The molecule has 3 aromatic rings. The number of fused-ring (bicyclic) bond motifs is 2. The number of nitrogens with one attached hydrogen (secondary N) is 3. The van der Waals surface area contributed by atoms with Gasteiger partial charge in [0.1, 0.15) is 0 Å². The lowest BCUT2D eigenvalue weighted by Crippen LogP contribution is -2.33. The summed E-state index contributed by atoms with van der Waals surface area (Å²) in [5, 5.41) is 3.14. The smallest absolute Gasteiger partial charge is 0.323 e. The van der Waals surface area contributed by atoms with Crippen molar-refractivity contribution in [3.63, 3.8) is 0 Å². The van der Waals surface area contributed by atoms with Gasteiger partial charge in [-0.25, -0.2) is 4.79 Å². The van der Waals surface area contributed by atoms with Gasteiger partial charge >= 0.3 is 5.69 Å². The molecule has 0 radical (unpaired) electrons. The largest absolute Gasteiger partial charge is 0.349 e. The standard InChI is InChI=1S/C20H21N3O2/c1-12(14-9-10-17-18(11-14)23-20(25)22-17)21-19(24)16-8-4-6-13-5-2-3-7-15(13)16/h2-3,5,7,9-12,16H,4,6,8H2,1H3,(H,21,24)(H2,22,23,25)/t12-,16+/m1/s1. The molecule has 1 heterocycles. The summed E-state index contributed by atoms with van der Waals surface area (Å²) in [7, 11) is 0. The fraction of sp³-hybridized carbons (Fsp3) is 0.300. The normalized spacial score (nSPS) is 17.9. The molecule has 0 bridgehead atoms. The molecule has 0 saturated heterocycles. The molecule has 3 N–H and O–H groups in total. The summed E-state index contributed by atoms with van der Waals surface area (Å²) >= 11 is 0. The molecule has 2 atom stereocenters. The van der Waals surface area contributed by atoms with Crippen molar-refractivity contribution in [1.82, 2.24) is 15.3 Å². The van der Waals surface area contributed by atoms with Crippen molar-refractivity contribution < 1.29 is 4.79 Å². The lowest BCUT2D eigenvalue weighted by atomic mass is 9.82. The minimum atomic E-state index is -0.220. The maximum absolute atomic E-state index is 12.8. The quantitative estimate of drug-likeness (QED) is 0.687. The predicted molar refractivity (Wildman–Crippen MR) is 97.6 cm³/mol. The van der Waals surface area contributed by atoms with E-state index >= 15 is 0 Å². The highest BCUT2D eigenvalue weighted by molar-refractivity contribution is 5.85. The summed E-state index contributed by atoms with van der Waals surface area (Å²) in [6.45, 7) is 1.97. The van der Waals surface area contributed by atoms with Crippen molar-refractivity contribution in [3.8, 4) is 0 Å². The molecule has 25 heavy (non-hydrogen) atoms. The van der Waals surface area contributed by atoms with Crippen molar-refractivity contribution in [2.45, 2.75) is 38.1 Å². The second-order valence-corrected chi connectivity index (χ2v) is 6.76. The van der Waals surface area contributed by atoms with Crippen LogP contribution in [-0.4, -0.2) is 15.9 Å². The van der Waals surface area contributed by atoms with Crippen molar-refractivity contribution in [2.24, 2.45) is 0 Å². The summed E-state index contributed by atoms with van der Waals surface area (Å²) in [5.74, 6) is -0.00879. The second kappa shape index (κ2) is 6.24. The van der Waals surface area contributed by atoms with E-state index in [2.05, 4.69) is 27.4 Å². The fourth-order valence-electron chi connectivity index (χ4n) is 3.74. The zero-order valence-electron chi connectivity index (χ0n) is 14.1. The van der Waals surface area contributed by atoms with Crippen LogP contribution in [0.3, 0.4) is 0 Å². The summed E-state index contributed by atoms with van der Waals surface area (Å²) < 4.78 is 0. The molecule has 1 aliphatic rings. The lowest BCUT2D eigenvalue weighted by molar-refractivity contribution is -0.123. The third kappa shape index (κ3) is 2.97. The van der Waals surface area contributed by atoms with Crippen LogP contribution in [0.4, 0.5) is 0 Å². The summed E-state index contributed by atoms with van der Waals surface area (Å²) in [5.41, 5.74) is 4.72. The number of imidazole rings is 1. The minimum absolute atomic E-state index is 0.0716. The van der Waals surface area contributed by atoms with Gasteiger partial charge in [-0.1, -0.05) is 30.3 Å². The molecular formula is C20H21N3O2. The van der Waals surface area contributed by atoms with Gasteiger partial charge in [0.25, 0.3) is 0 Å². The topological polar surface area (TPSA) is 77.8 Å². The van der Waals surface area contributed by atoms with Gasteiger partial charge in [0.2, 0.25) is 5.91 Å². The number of aryl methyl sites for hydroxylation is 1. The Morgan fingerprint density at radius 2 is 1.96 bits per heavy atom. The van der Waals surface area contributed by atoms with Crippen molar-refractivity contribution in [2.75, 3.05) is 0 Å². The van der Waals surface area contributed by atoms with E-state index in [4.69, 9.17) is 0 Å². The van der Waals surface area contributed by atoms with Crippen molar-refractivity contribution >= 4 is 16.9 Å². The molecule has 0 saturated carbocycles. The highest BCUT2D eigenvalue weighted by Crippen LogP contribution is 2.32. The maximum Gasteiger partial charge on any atom is 0.323 e. The Bertz CT molecular complexity index is 986. The number of aromatic nitrogens is 2. The van der Waals surface area contributed by atoms with Crippen LogP contribution < -0.4 is 11.0 Å². The van der Waals surface area contributed by atoms with E-state index in [0.29, 0.717) is 0 Å².